The lowest BCUT2D eigenvalue weighted by molar-refractivity contribution is -0.145. The molecule has 21 heavy (non-hydrogen) atoms. The van der Waals surface area contributed by atoms with Gasteiger partial charge in [-0.05, 0) is 37.3 Å². The lowest BCUT2D eigenvalue weighted by Crippen LogP contribution is -2.42. The number of aliphatic carboxylic acids is 1. The van der Waals surface area contributed by atoms with Gasteiger partial charge in [0.25, 0.3) is 0 Å². The molecule has 6 heteroatoms. The second-order valence-corrected chi connectivity index (χ2v) is 5.96. The van der Waals surface area contributed by atoms with E-state index in [0.29, 0.717) is 25.9 Å². The van der Waals surface area contributed by atoms with Gasteiger partial charge in [0.15, 0.2) is 0 Å². The quantitative estimate of drug-likeness (QED) is 0.816. The molecule has 5 nitrogen and oxygen atoms in total. The molecule has 2 N–H and O–H groups in total. The van der Waals surface area contributed by atoms with Gasteiger partial charge in [-0.1, -0.05) is 6.07 Å². The van der Waals surface area contributed by atoms with Crippen LogP contribution < -0.4 is 5.32 Å². The maximum atomic E-state index is 12.1. The highest BCUT2D eigenvalue weighted by molar-refractivity contribution is 7.98. The molecule has 0 radical (unpaired) electrons. The van der Waals surface area contributed by atoms with Crippen LogP contribution in [0, 0.1) is 5.92 Å². The number of benzene rings is 1. The summed E-state index contributed by atoms with van der Waals surface area (Å²) >= 11 is 1.66. The first-order valence-electron chi connectivity index (χ1n) is 6.98. The van der Waals surface area contributed by atoms with Crippen molar-refractivity contribution in [3.8, 4) is 0 Å². The Morgan fingerprint density at radius 3 is 2.71 bits per heavy atom. The van der Waals surface area contributed by atoms with Crippen LogP contribution in [0.4, 0.5) is 5.69 Å². The third kappa shape index (κ3) is 4.39. The van der Waals surface area contributed by atoms with E-state index in [0.717, 1.165) is 10.6 Å². The zero-order valence-corrected chi connectivity index (χ0v) is 12.9. The zero-order valence-electron chi connectivity index (χ0n) is 12.0. The molecule has 1 saturated heterocycles. The number of anilines is 1. The SMILES string of the molecule is CSc1cccc(NCC(=O)N2CCC(C(=O)O)CC2)c1. The molecule has 0 spiro atoms. The Bertz CT molecular complexity index is 513. The Labute approximate surface area is 128 Å². The average molecular weight is 308 g/mol. The van der Waals surface area contributed by atoms with Crippen LogP contribution in [0.3, 0.4) is 0 Å². The molecule has 1 heterocycles. The smallest absolute Gasteiger partial charge is 0.306 e. The van der Waals surface area contributed by atoms with Gasteiger partial charge < -0.3 is 15.3 Å². The first kappa shape index (κ1) is 15.7. The number of nitrogens with zero attached hydrogens (tertiary/aromatic N) is 1. The zero-order chi connectivity index (χ0) is 15.2. The highest BCUT2D eigenvalue weighted by atomic mass is 32.2. The summed E-state index contributed by atoms with van der Waals surface area (Å²) < 4.78 is 0. The van der Waals surface area contributed by atoms with E-state index < -0.39 is 5.97 Å². The van der Waals surface area contributed by atoms with Crippen molar-refractivity contribution < 1.29 is 14.7 Å². The molecule has 1 aliphatic heterocycles. The molecule has 114 valence electrons. The fourth-order valence-corrected chi connectivity index (χ4v) is 2.86. The topological polar surface area (TPSA) is 69.6 Å². The van der Waals surface area contributed by atoms with Gasteiger partial charge in [-0.25, -0.2) is 0 Å². The van der Waals surface area contributed by atoms with Crippen molar-refractivity contribution in [2.45, 2.75) is 17.7 Å². The van der Waals surface area contributed by atoms with E-state index in [4.69, 9.17) is 5.11 Å². The fraction of sp³-hybridized carbons (Fsp3) is 0.467. The Hall–Kier alpha value is -1.69. The van der Waals surface area contributed by atoms with Crippen LogP contribution in [0.5, 0.6) is 0 Å². The maximum absolute atomic E-state index is 12.1. The van der Waals surface area contributed by atoms with Crippen molar-refractivity contribution in [2.24, 2.45) is 5.92 Å². The first-order valence-corrected chi connectivity index (χ1v) is 8.21. The maximum Gasteiger partial charge on any atom is 0.306 e. The molecule has 0 aromatic heterocycles. The van der Waals surface area contributed by atoms with E-state index in [-0.39, 0.29) is 18.4 Å². The van der Waals surface area contributed by atoms with E-state index in [1.165, 1.54) is 0 Å². The monoisotopic (exact) mass is 308 g/mol. The Morgan fingerprint density at radius 1 is 1.38 bits per heavy atom. The molecule has 1 aromatic rings. The minimum atomic E-state index is -0.755. The van der Waals surface area contributed by atoms with Gasteiger partial charge >= 0.3 is 5.97 Å². The molecule has 1 amide bonds. The third-order valence-electron chi connectivity index (χ3n) is 3.71. The van der Waals surface area contributed by atoms with Crippen LogP contribution in [0.15, 0.2) is 29.2 Å². The predicted molar refractivity (Wildman–Crippen MR) is 83.7 cm³/mol. The van der Waals surface area contributed by atoms with E-state index in [2.05, 4.69) is 5.32 Å². The number of piperidine rings is 1. The molecular formula is C15H20N2O3S. The fourth-order valence-electron chi connectivity index (χ4n) is 2.40. The largest absolute Gasteiger partial charge is 0.481 e. The summed E-state index contributed by atoms with van der Waals surface area (Å²) in [4.78, 5) is 25.9. The van der Waals surface area contributed by atoms with Crippen molar-refractivity contribution in [3.63, 3.8) is 0 Å². The van der Waals surface area contributed by atoms with Gasteiger partial charge in [-0.2, -0.15) is 0 Å². The number of nitrogens with one attached hydrogen (secondary N) is 1. The summed E-state index contributed by atoms with van der Waals surface area (Å²) in [6, 6.07) is 7.92. The molecule has 2 rings (SSSR count). The van der Waals surface area contributed by atoms with Gasteiger partial charge in [-0.15, -0.1) is 11.8 Å². The van der Waals surface area contributed by atoms with Crippen LogP contribution in [0.2, 0.25) is 0 Å². The molecule has 0 saturated carbocycles. The summed E-state index contributed by atoms with van der Waals surface area (Å²) in [5.41, 5.74) is 0.927. The summed E-state index contributed by atoms with van der Waals surface area (Å²) in [5, 5.41) is 12.1. The number of hydrogen-bond donors (Lipinski definition) is 2. The van der Waals surface area contributed by atoms with E-state index >= 15 is 0 Å². The summed E-state index contributed by atoms with van der Waals surface area (Å²) in [7, 11) is 0. The number of thioether (sulfide) groups is 1. The predicted octanol–water partition coefficient (Wildman–Crippen LogP) is 2.14. The molecule has 1 aromatic carbocycles. The van der Waals surface area contributed by atoms with Crippen molar-refractivity contribution in [1.82, 2.24) is 4.90 Å². The Kier molecular flexibility index (Phi) is 5.50. The van der Waals surface area contributed by atoms with Crippen LogP contribution in [0.1, 0.15) is 12.8 Å². The highest BCUT2D eigenvalue weighted by Gasteiger charge is 2.26. The molecule has 0 aliphatic carbocycles. The number of carboxylic acids is 1. The second kappa shape index (κ2) is 7.36. The van der Waals surface area contributed by atoms with Crippen molar-refractivity contribution in [1.29, 1.82) is 0 Å². The second-order valence-electron chi connectivity index (χ2n) is 5.08. The third-order valence-corrected chi connectivity index (χ3v) is 4.44. The van der Waals surface area contributed by atoms with Crippen LogP contribution in [-0.4, -0.2) is 47.8 Å². The molecule has 0 unspecified atom stereocenters. The van der Waals surface area contributed by atoms with Gasteiger partial charge in [0.2, 0.25) is 5.91 Å². The van der Waals surface area contributed by atoms with Crippen LogP contribution in [-0.2, 0) is 9.59 Å². The molecule has 1 aliphatic rings. The number of amides is 1. The van der Waals surface area contributed by atoms with Gasteiger partial charge in [0.1, 0.15) is 0 Å². The van der Waals surface area contributed by atoms with Gasteiger partial charge in [-0.3, -0.25) is 9.59 Å². The number of rotatable bonds is 5. The summed E-state index contributed by atoms with van der Waals surface area (Å²) in [5.74, 6) is -1.04. The van der Waals surface area contributed by atoms with Crippen molar-refractivity contribution in [2.75, 3.05) is 31.2 Å². The lowest BCUT2D eigenvalue weighted by Gasteiger charge is -2.30. The molecule has 1 fully saturated rings. The number of carbonyl (C=O) groups excluding carboxylic acids is 1. The minimum absolute atomic E-state index is 0.0217. The van der Waals surface area contributed by atoms with Crippen LogP contribution in [0.25, 0.3) is 0 Å². The van der Waals surface area contributed by atoms with Gasteiger partial charge in [0, 0.05) is 23.7 Å². The van der Waals surface area contributed by atoms with E-state index in [1.807, 2.05) is 30.5 Å². The summed E-state index contributed by atoms with van der Waals surface area (Å²) in [6.07, 6.45) is 3.10. The van der Waals surface area contributed by atoms with E-state index in [9.17, 15) is 9.59 Å². The number of likely N-dealkylation sites (tertiary alicyclic amines) is 1. The molecule has 0 bridgehead atoms. The Balaban J connectivity index is 1.81. The lowest BCUT2D eigenvalue weighted by atomic mass is 9.97. The normalized spacial score (nSPS) is 15.8. The Morgan fingerprint density at radius 2 is 2.10 bits per heavy atom. The first-order chi connectivity index (χ1) is 10.1. The highest BCUT2D eigenvalue weighted by Crippen LogP contribution is 2.20. The van der Waals surface area contributed by atoms with Gasteiger partial charge in [0.05, 0.1) is 12.5 Å². The molecule has 0 atom stereocenters. The number of carboxylic acid groups (broad SMARTS) is 1. The number of carbonyl (C=O) groups is 2. The average Bonchev–Trinajstić information content (AvgIpc) is 2.53. The standard InChI is InChI=1S/C15H20N2O3S/c1-21-13-4-2-3-12(9-13)16-10-14(18)17-7-5-11(6-8-17)15(19)20/h2-4,9,11,16H,5-8,10H2,1H3,(H,19,20). The summed E-state index contributed by atoms with van der Waals surface area (Å²) in [6.45, 7) is 1.31. The number of hydrogen-bond acceptors (Lipinski definition) is 4. The van der Waals surface area contributed by atoms with Crippen molar-refractivity contribution >= 4 is 29.3 Å². The van der Waals surface area contributed by atoms with Crippen molar-refractivity contribution in [3.05, 3.63) is 24.3 Å². The van der Waals surface area contributed by atoms with E-state index in [1.54, 1.807) is 16.7 Å². The minimum Gasteiger partial charge on any atom is -0.481 e. The molecular weight excluding hydrogens is 288 g/mol. The van der Waals surface area contributed by atoms with Crippen LogP contribution >= 0.6 is 11.8 Å².